The van der Waals surface area contributed by atoms with Crippen LogP contribution >= 0.6 is 0 Å². The highest BCUT2D eigenvalue weighted by atomic mass is 19.1. The number of hydrogen-bond acceptors (Lipinski definition) is 7. The Morgan fingerprint density at radius 2 is 1.89 bits per heavy atom. The van der Waals surface area contributed by atoms with Gasteiger partial charge < -0.3 is 26.4 Å². The number of halogens is 2. The van der Waals surface area contributed by atoms with Gasteiger partial charge in [0.25, 0.3) is 0 Å². The summed E-state index contributed by atoms with van der Waals surface area (Å²) in [5, 5.41) is 25.7. The van der Waals surface area contributed by atoms with Gasteiger partial charge in [0.05, 0.1) is 23.8 Å². The lowest BCUT2D eigenvalue weighted by Gasteiger charge is -2.32. The number of benzene rings is 2. The molecule has 10 heteroatoms. The van der Waals surface area contributed by atoms with Crippen molar-refractivity contribution in [1.82, 2.24) is 4.98 Å². The first-order valence-corrected chi connectivity index (χ1v) is 11.5. The molecule has 186 valence electrons. The summed E-state index contributed by atoms with van der Waals surface area (Å²) in [5.74, 6) is -1.47. The molecule has 0 aliphatic carbocycles. The van der Waals surface area contributed by atoms with Gasteiger partial charge in [0.1, 0.15) is 23.5 Å². The monoisotopic (exact) mass is 492 g/mol. The minimum atomic E-state index is -0.682. The summed E-state index contributed by atoms with van der Waals surface area (Å²) in [6, 6.07) is 12.6. The third-order valence-electron chi connectivity index (χ3n) is 5.95. The molecular formula is C26H26F2N6O2. The van der Waals surface area contributed by atoms with Crippen molar-refractivity contribution in [2.75, 3.05) is 28.6 Å². The van der Waals surface area contributed by atoms with Crippen molar-refractivity contribution in [3.8, 4) is 6.07 Å². The molecule has 0 saturated carbocycles. The minimum Gasteiger partial charge on any atom is -0.393 e. The van der Waals surface area contributed by atoms with Crippen LogP contribution in [0, 0.1) is 23.0 Å². The lowest BCUT2D eigenvalue weighted by atomic mass is 10.0. The first-order valence-electron chi connectivity index (χ1n) is 11.5. The first-order chi connectivity index (χ1) is 17.3. The second-order valence-electron chi connectivity index (χ2n) is 8.69. The number of nitrogens with two attached hydrogens (primary N) is 1. The number of aromatic nitrogens is 1. The number of primary amides is 1. The van der Waals surface area contributed by atoms with Gasteiger partial charge in [-0.3, -0.25) is 4.79 Å². The van der Waals surface area contributed by atoms with Crippen LogP contribution in [0.3, 0.4) is 0 Å². The van der Waals surface area contributed by atoms with Crippen molar-refractivity contribution in [2.45, 2.75) is 31.9 Å². The van der Waals surface area contributed by atoms with E-state index in [0.717, 1.165) is 11.8 Å². The molecule has 1 aliphatic heterocycles. The number of piperidine rings is 1. The smallest absolute Gasteiger partial charge is 0.221 e. The van der Waals surface area contributed by atoms with E-state index in [0.29, 0.717) is 59.8 Å². The quantitative estimate of drug-likeness (QED) is 0.379. The van der Waals surface area contributed by atoms with Crippen LogP contribution in [0.2, 0.25) is 0 Å². The maximum atomic E-state index is 13.6. The molecule has 0 bridgehead atoms. The Bertz CT molecular complexity index is 1280. The molecule has 0 atom stereocenters. The minimum absolute atomic E-state index is 0.0645. The van der Waals surface area contributed by atoms with Gasteiger partial charge in [0, 0.05) is 54.9 Å². The van der Waals surface area contributed by atoms with Crippen LogP contribution in [-0.4, -0.2) is 35.2 Å². The summed E-state index contributed by atoms with van der Waals surface area (Å²) in [6.45, 7) is 1.47. The lowest BCUT2D eigenvalue weighted by Crippen LogP contribution is -2.36. The number of aliphatic hydroxyl groups excluding tert-OH is 1. The van der Waals surface area contributed by atoms with Crippen LogP contribution in [-0.2, 0) is 17.8 Å². The highest BCUT2D eigenvalue weighted by Crippen LogP contribution is 2.29. The molecule has 1 saturated heterocycles. The van der Waals surface area contributed by atoms with E-state index in [-0.39, 0.29) is 19.1 Å². The molecular weight excluding hydrogens is 466 g/mol. The molecule has 0 spiro atoms. The standard InChI is InChI=1S/C26H26F2N6O2/c27-19-7-16(8-20(28)11-19)14-31-23-12-26(32-15-18(23)10-25(30)36)33-21-1-2-24(17(9-21)13-29)34-5-3-22(35)4-6-34/h1-2,7-9,11-12,15,22,35H,3-6,10,14H2,(H2,30,36)(H2,31,32,33). The van der Waals surface area contributed by atoms with Crippen molar-refractivity contribution in [1.29, 1.82) is 5.26 Å². The zero-order chi connectivity index (χ0) is 25.7. The predicted octanol–water partition coefficient (Wildman–Crippen LogP) is 3.58. The van der Waals surface area contributed by atoms with Gasteiger partial charge in [-0.25, -0.2) is 13.8 Å². The van der Waals surface area contributed by atoms with Gasteiger partial charge in [0.2, 0.25) is 5.91 Å². The zero-order valence-electron chi connectivity index (χ0n) is 19.5. The first kappa shape index (κ1) is 24.9. The Hall–Kier alpha value is -4.23. The van der Waals surface area contributed by atoms with Crippen LogP contribution in [0.5, 0.6) is 0 Å². The molecule has 2 aromatic carbocycles. The number of carbonyl (C=O) groups is 1. The van der Waals surface area contributed by atoms with Gasteiger partial charge >= 0.3 is 0 Å². The fraction of sp³-hybridized carbons (Fsp3) is 0.269. The number of nitrogens with one attached hydrogen (secondary N) is 2. The second-order valence-corrected chi connectivity index (χ2v) is 8.69. The summed E-state index contributed by atoms with van der Waals surface area (Å²) < 4.78 is 27.1. The van der Waals surface area contributed by atoms with E-state index in [9.17, 15) is 23.9 Å². The number of amides is 1. The van der Waals surface area contributed by atoms with E-state index in [2.05, 4.69) is 26.6 Å². The van der Waals surface area contributed by atoms with Crippen LogP contribution in [0.1, 0.15) is 29.5 Å². The van der Waals surface area contributed by atoms with Crippen molar-refractivity contribution in [3.05, 3.63) is 77.0 Å². The maximum Gasteiger partial charge on any atom is 0.221 e. The summed E-state index contributed by atoms with van der Waals surface area (Å²) >= 11 is 0. The lowest BCUT2D eigenvalue weighted by molar-refractivity contribution is -0.117. The molecule has 8 nitrogen and oxygen atoms in total. The highest BCUT2D eigenvalue weighted by molar-refractivity contribution is 5.79. The molecule has 1 amide bonds. The van der Waals surface area contributed by atoms with Gasteiger partial charge in [-0.2, -0.15) is 5.26 Å². The van der Waals surface area contributed by atoms with Gasteiger partial charge in [0.15, 0.2) is 0 Å². The van der Waals surface area contributed by atoms with Crippen molar-refractivity contribution in [2.24, 2.45) is 5.73 Å². The van der Waals surface area contributed by atoms with Crippen molar-refractivity contribution in [3.63, 3.8) is 0 Å². The van der Waals surface area contributed by atoms with Crippen LogP contribution in [0.4, 0.5) is 31.7 Å². The summed E-state index contributed by atoms with van der Waals surface area (Å²) in [6.07, 6.45) is 2.44. The molecule has 1 fully saturated rings. The van der Waals surface area contributed by atoms with Crippen LogP contribution in [0.25, 0.3) is 0 Å². The Labute approximate surface area is 207 Å². The number of carbonyl (C=O) groups excluding carboxylic acids is 1. The number of nitriles is 1. The SMILES string of the molecule is N#Cc1cc(Nc2cc(NCc3cc(F)cc(F)c3)c(CC(N)=O)cn2)ccc1N1CCC(O)CC1. The molecule has 0 unspecified atom stereocenters. The molecule has 1 aromatic heterocycles. The zero-order valence-corrected chi connectivity index (χ0v) is 19.5. The van der Waals surface area contributed by atoms with Crippen LogP contribution in [0.15, 0.2) is 48.7 Å². The fourth-order valence-corrected chi connectivity index (χ4v) is 4.19. The molecule has 4 rings (SSSR count). The number of hydrogen-bond donors (Lipinski definition) is 4. The van der Waals surface area contributed by atoms with E-state index in [1.54, 1.807) is 12.1 Å². The van der Waals surface area contributed by atoms with Gasteiger partial charge in [-0.1, -0.05) is 0 Å². The predicted molar refractivity (Wildman–Crippen MR) is 133 cm³/mol. The number of rotatable bonds is 8. The molecule has 3 aromatic rings. The number of aliphatic hydroxyl groups is 1. The van der Waals surface area contributed by atoms with E-state index < -0.39 is 17.5 Å². The molecule has 5 N–H and O–H groups in total. The fourth-order valence-electron chi connectivity index (χ4n) is 4.19. The molecule has 0 radical (unpaired) electrons. The average molecular weight is 493 g/mol. The number of anilines is 4. The average Bonchev–Trinajstić information content (AvgIpc) is 2.84. The van der Waals surface area contributed by atoms with E-state index >= 15 is 0 Å². The Morgan fingerprint density at radius 1 is 1.17 bits per heavy atom. The highest BCUT2D eigenvalue weighted by Gasteiger charge is 2.20. The number of nitrogens with zero attached hydrogens (tertiary/aromatic N) is 3. The van der Waals surface area contributed by atoms with Crippen molar-refractivity contribution < 1.29 is 18.7 Å². The normalized spacial score (nSPS) is 13.8. The second kappa shape index (κ2) is 11.0. The van der Waals surface area contributed by atoms with Gasteiger partial charge in [-0.05, 0) is 48.7 Å². The van der Waals surface area contributed by atoms with Crippen LogP contribution < -0.4 is 21.3 Å². The molecule has 36 heavy (non-hydrogen) atoms. The third kappa shape index (κ3) is 6.25. The molecule has 2 heterocycles. The molecule has 1 aliphatic rings. The van der Waals surface area contributed by atoms with E-state index in [1.165, 1.54) is 18.3 Å². The topological polar surface area (TPSA) is 127 Å². The van der Waals surface area contributed by atoms with Crippen molar-refractivity contribution >= 4 is 28.8 Å². The summed E-state index contributed by atoms with van der Waals surface area (Å²) in [7, 11) is 0. The summed E-state index contributed by atoms with van der Waals surface area (Å²) in [4.78, 5) is 17.9. The number of pyridine rings is 1. The summed E-state index contributed by atoms with van der Waals surface area (Å²) in [5.41, 5.74) is 8.75. The Balaban J connectivity index is 1.54. The van der Waals surface area contributed by atoms with E-state index in [4.69, 9.17) is 5.73 Å². The Morgan fingerprint density at radius 3 is 2.56 bits per heavy atom. The van der Waals surface area contributed by atoms with Gasteiger partial charge in [-0.15, -0.1) is 0 Å². The maximum absolute atomic E-state index is 13.6. The van der Waals surface area contributed by atoms with E-state index in [1.807, 2.05) is 12.1 Å². The third-order valence-corrected chi connectivity index (χ3v) is 5.95. The largest absolute Gasteiger partial charge is 0.393 e. The Kier molecular flexibility index (Phi) is 7.61.